The van der Waals surface area contributed by atoms with Crippen LogP contribution in [-0.4, -0.2) is 21.1 Å². The first-order valence-electron chi connectivity index (χ1n) is 4.81. The average molecular weight is 337 g/mol. The topological polar surface area (TPSA) is 72.2 Å². The molecule has 0 aliphatic heterocycles. The van der Waals surface area contributed by atoms with Crippen molar-refractivity contribution in [3.05, 3.63) is 27.7 Å². The molecule has 1 aromatic rings. The molecule has 4 nitrogen and oxygen atoms in total. The quantitative estimate of drug-likeness (QED) is 0.886. The highest BCUT2D eigenvalue weighted by molar-refractivity contribution is 7.89. The second kappa shape index (κ2) is 5.84. The molecule has 0 aliphatic carbocycles. The number of rotatable bonds is 4. The van der Waals surface area contributed by atoms with Crippen molar-refractivity contribution in [2.45, 2.75) is 17.6 Å². The summed E-state index contributed by atoms with van der Waals surface area (Å²) in [6.45, 7) is -1.76. The van der Waals surface area contributed by atoms with Crippen LogP contribution in [0.15, 0.2) is 17.0 Å². The smallest absolute Gasteiger partial charge is 0.326 e. The summed E-state index contributed by atoms with van der Waals surface area (Å²) in [6.07, 6.45) is -4.66. The van der Waals surface area contributed by atoms with E-state index in [0.717, 1.165) is 12.1 Å². The number of hydrogen-bond acceptors (Lipinski definition) is 3. The number of nitrogens with two attached hydrogens (primary N) is 1. The maximum absolute atomic E-state index is 12.0. The van der Waals surface area contributed by atoms with Gasteiger partial charge in [0.25, 0.3) is 0 Å². The molecular weight excluding hydrogens is 328 g/mol. The molecule has 1 rings (SSSR count). The van der Waals surface area contributed by atoms with Crippen LogP contribution in [0, 0.1) is 0 Å². The first-order chi connectivity index (χ1) is 8.57. The number of alkyl halides is 3. The Bertz CT molecular complexity index is 576. The molecule has 0 aromatic heterocycles. The van der Waals surface area contributed by atoms with E-state index < -0.39 is 27.6 Å². The van der Waals surface area contributed by atoms with Crippen molar-refractivity contribution in [3.8, 4) is 0 Å². The molecule has 1 aromatic carbocycles. The van der Waals surface area contributed by atoms with Crippen molar-refractivity contribution in [2.24, 2.45) is 5.73 Å². The van der Waals surface area contributed by atoms with Crippen molar-refractivity contribution in [1.82, 2.24) is 4.72 Å². The lowest BCUT2D eigenvalue weighted by atomic mass is 10.2. The molecule has 19 heavy (non-hydrogen) atoms. The van der Waals surface area contributed by atoms with Gasteiger partial charge < -0.3 is 5.73 Å². The van der Waals surface area contributed by atoms with Gasteiger partial charge in [-0.2, -0.15) is 13.2 Å². The molecular formula is C9H9Cl2F3N2O2S. The average Bonchev–Trinajstić information content (AvgIpc) is 2.25. The number of hydrogen-bond donors (Lipinski definition) is 2. The van der Waals surface area contributed by atoms with Gasteiger partial charge in [0.2, 0.25) is 10.0 Å². The molecule has 0 heterocycles. The van der Waals surface area contributed by atoms with E-state index in [1.807, 2.05) is 0 Å². The zero-order chi connectivity index (χ0) is 14.8. The SMILES string of the molecule is NCc1cc(S(=O)(=O)NCC(F)(F)F)c(Cl)cc1Cl. The summed E-state index contributed by atoms with van der Waals surface area (Å²) in [5, 5.41) is -0.140. The minimum atomic E-state index is -4.66. The van der Waals surface area contributed by atoms with E-state index in [4.69, 9.17) is 28.9 Å². The van der Waals surface area contributed by atoms with E-state index in [0.29, 0.717) is 0 Å². The molecule has 0 radical (unpaired) electrons. The largest absolute Gasteiger partial charge is 0.402 e. The Morgan fingerprint density at radius 2 is 1.79 bits per heavy atom. The summed E-state index contributed by atoms with van der Waals surface area (Å²) in [5.74, 6) is 0. The van der Waals surface area contributed by atoms with Gasteiger partial charge in [-0.05, 0) is 17.7 Å². The summed E-state index contributed by atoms with van der Waals surface area (Å²) in [6, 6.07) is 2.16. The minimum absolute atomic E-state index is 0.0716. The third-order valence-electron chi connectivity index (χ3n) is 2.07. The summed E-state index contributed by atoms with van der Waals surface area (Å²) >= 11 is 11.4. The van der Waals surface area contributed by atoms with Gasteiger partial charge in [0.05, 0.1) is 5.02 Å². The molecule has 0 fully saturated rings. The van der Waals surface area contributed by atoms with E-state index in [1.165, 1.54) is 4.72 Å². The van der Waals surface area contributed by atoms with Crippen molar-refractivity contribution in [2.75, 3.05) is 6.54 Å². The van der Waals surface area contributed by atoms with E-state index in [2.05, 4.69) is 0 Å². The van der Waals surface area contributed by atoms with E-state index in [1.54, 1.807) is 0 Å². The first-order valence-corrected chi connectivity index (χ1v) is 7.05. The summed E-state index contributed by atoms with van der Waals surface area (Å²) < 4.78 is 60.8. The van der Waals surface area contributed by atoms with Crippen molar-refractivity contribution >= 4 is 33.2 Å². The minimum Gasteiger partial charge on any atom is -0.326 e. The standard InChI is InChI=1S/C9H9Cl2F3N2O2S/c10-6-2-7(11)8(1-5(6)3-15)19(17,18)16-4-9(12,13)14/h1-2,16H,3-4,15H2. The second-order valence-corrected chi connectivity index (χ2v) is 6.07. The monoisotopic (exact) mass is 336 g/mol. The van der Waals surface area contributed by atoms with Gasteiger partial charge in [-0.3, -0.25) is 0 Å². The van der Waals surface area contributed by atoms with Gasteiger partial charge in [0.1, 0.15) is 11.4 Å². The molecule has 0 aliphatic rings. The fraction of sp³-hybridized carbons (Fsp3) is 0.333. The lowest BCUT2D eigenvalue weighted by Crippen LogP contribution is -2.34. The molecule has 0 unspecified atom stereocenters. The molecule has 3 N–H and O–H groups in total. The van der Waals surface area contributed by atoms with Crippen LogP contribution in [-0.2, 0) is 16.6 Å². The Hall–Kier alpha value is -0.540. The van der Waals surface area contributed by atoms with Gasteiger partial charge in [0, 0.05) is 11.6 Å². The Labute approximate surface area is 117 Å². The molecule has 0 saturated carbocycles. The van der Waals surface area contributed by atoms with E-state index >= 15 is 0 Å². The van der Waals surface area contributed by atoms with Gasteiger partial charge in [-0.15, -0.1) is 0 Å². The van der Waals surface area contributed by atoms with Crippen LogP contribution in [0.1, 0.15) is 5.56 Å². The maximum Gasteiger partial charge on any atom is 0.402 e. The van der Waals surface area contributed by atoms with Crippen LogP contribution < -0.4 is 10.5 Å². The van der Waals surface area contributed by atoms with Crippen LogP contribution in [0.25, 0.3) is 0 Å². The molecule has 108 valence electrons. The zero-order valence-electron chi connectivity index (χ0n) is 9.26. The molecule has 0 amide bonds. The van der Waals surface area contributed by atoms with Crippen LogP contribution in [0.3, 0.4) is 0 Å². The number of halogens is 5. The maximum atomic E-state index is 12.0. The third kappa shape index (κ3) is 4.50. The fourth-order valence-corrected chi connectivity index (χ4v) is 3.08. The highest BCUT2D eigenvalue weighted by Gasteiger charge is 2.31. The highest BCUT2D eigenvalue weighted by atomic mass is 35.5. The first kappa shape index (κ1) is 16.5. The van der Waals surface area contributed by atoms with Crippen molar-refractivity contribution < 1.29 is 21.6 Å². The van der Waals surface area contributed by atoms with Crippen molar-refractivity contribution in [3.63, 3.8) is 0 Å². The lowest BCUT2D eigenvalue weighted by Gasteiger charge is -2.12. The summed E-state index contributed by atoms with van der Waals surface area (Å²) in [5.41, 5.74) is 5.60. The van der Waals surface area contributed by atoms with Crippen molar-refractivity contribution in [1.29, 1.82) is 0 Å². The summed E-state index contributed by atoms with van der Waals surface area (Å²) in [7, 11) is -4.39. The Morgan fingerprint density at radius 1 is 1.21 bits per heavy atom. The van der Waals surface area contributed by atoms with Crippen LogP contribution in [0.5, 0.6) is 0 Å². The Morgan fingerprint density at radius 3 is 2.26 bits per heavy atom. The molecule has 0 saturated heterocycles. The lowest BCUT2D eigenvalue weighted by molar-refractivity contribution is -0.121. The summed E-state index contributed by atoms with van der Waals surface area (Å²) in [4.78, 5) is -0.497. The predicted octanol–water partition coefficient (Wildman–Crippen LogP) is 2.29. The normalized spacial score (nSPS) is 12.7. The third-order valence-corrected chi connectivity index (χ3v) is 4.29. The van der Waals surface area contributed by atoms with Crippen LogP contribution >= 0.6 is 23.2 Å². The number of sulfonamides is 1. The van der Waals surface area contributed by atoms with Gasteiger partial charge in [0.15, 0.2) is 0 Å². The molecule has 0 spiro atoms. The molecule has 10 heteroatoms. The number of benzene rings is 1. The molecule has 0 atom stereocenters. The van der Waals surface area contributed by atoms with Gasteiger partial charge in [-0.1, -0.05) is 23.2 Å². The number of nitrogens with one attached hydrogen (secondary N) is 1. The predicted molar refractivity (Wildman–Crippen MR) is 65.6 cm³/mol. The van der Waals surface area contributed by atoms with E-state index in [9.17, 15) is 21.6 Å². The highest BCUT2D eigenvalue weighted by Crippen LogP contribution is 2.28. The second-order valence-electron chi connectivity index (χ2n) is 3.52. The van der Waals surface area contributed by atoms with E-state index in [-0.39, 0.29) is 22.2 Å². The molecule has 0 bridgehead atoms. The van der Waals surface area contributed by atoms with Crippen LogP contribution in [0.4, 0.5) is 13.2 Å². The van der Waals surface area contributed by atoms with Gasteiger partial charge in [-0.25, -0.2) is 13.1 Å². The zero-order valence-corrected chi connectivity index (χ0v) is 11.6. The van der Waals surface area contributed by atoms with Crippen LogP contribution in [0.2, 0.25) is 10.0 Å². The Kier molecular flexibility index (Phi) is 5.08. The fourth-order valence-electron chi connectivity index (χ4n) is 1.19. The Balaban J connectivity index is 3.14. The van der Waals surface area contributed by atoms with Gasteiger partial charge >= 0.3 is 6.18 Å².